The van der Waals surface area contributed by atoms with E-state index in [1.165, 1.54) is 6.26 Å². The fourth-order valence-electron chi connectivity index (χ4n) is 2.98. The molecule has 150 valence electrons. The first-order chi connectivity index (χ1) is 14.0. The van der Waals surface area contributed by atoms with Gasteiger partial charge in [-0.05, 0) is 60.0 Å². The van der Waals surface area contributed by atoms with E-state index in [4.69, 9.17) is 9.15 Å². The van der Waals surface area contributed by atoms with Gasteiger partial charge in [0.1, 0.15) is 5.75 Å². The molecule has 2 amide bonds. The predicted octanol–water partition coefficient (Wildman–Crippen LogP) is 4.67. The van der Waals surface area contributed by atoms with Crippen molar-refractivity contribution in [1.29, 1.82) is 0 Å². The van der Waals surface area contributed by atoms with Crippen LogP contribution in [0.3, 0.4) is 0 Å². The zero-order chi connectivity index (χ0) is 20.8. The lowest BCUT2D eigenvalue weighted by Crippen LogP contribution is -2.31. The monoisotopic (exact) mass is 392 g/mol. The van der Waals surface area contributed by atoms with Gasteiger partial charge in [0.25, 0.3) is 11.8 Å². The van der Waals surface area contributed by atoms with Gasteiger partial charge in [0, 0.05) is 11.3 Å². The second-order valence-corrected chi connectivity index (χ2v) is 6.98. The van der Waals surface area contributed by atoms with E-state index in [-0.39, 0.29) is 29.5 Å². The van der Waals surface area contributed by atoms with Gasteiger partial charge in [0.05, 0.1) is 19.4 Å². The van der Waals surface area contributed by atoms with Gasteiger partial charge in [-0.1, -0.05) is 26.0 Å². The maximum Gasteiger partial charge on any atom is 0.291 e. The lowest BCUT2D eigenvalue weighted by molar-refractivity contribution is 0.0925. The number of carbonyl (C=O) groups excluding carboxylic acids is 2. The van der Waals surface area contributed by atoms with Crippen molar-refractivity contribution in [3.8, 4) is 5.75 Å². The molecule has 1 atom stereocenters. The van der Waals surface area contributed by atoms with Crippen molar-refractivity contribution in [2.45, 2.75) is 19.9 Å². The first-order valence-corrected chi connectivity index (χ1v) is 9.37. The van der Waals surface area contributed by atoms with Crippen LogP contribution in [0, 0.1) is 5.92 Å². The Balaban J connectivity index is 1.67. The minimum atomic E-state index is -0.341. The van der Waals surface area contributed by atoms with Gasteiger partial charge in [-0.15, -0.1) is 0 Å². The Labute approximate surface area is 169 Å². The zero-order valence-electron chi connectivity index (χ0n) is 16.6. The molecule has 1 heterocycles. The SMILES string of the molecule is COc1ccc(C(NC(=O)c2ccc(NC(=O)c3ccco3)cc2)C(C)C)cc1. The van der Waals surface area contributed by atoms with Crippen molar-refractivity contribution in [2.24, 2.45) is 5.92 Å². The van der Waals surface area contributed by atoms with Crippen LogP contribution in [0.1, 0.15) is 46.4 Å². The molecular weight excluding hydrogens is 368 g/mol. The number of methoxy groups -OCH3 is 1. The zero-order valence-corrected chi connectivity index (χ0v) is 16.6. The summed E-state index contributed by atoms with van der Waals surface area (Å²) in [6.45, 7) is 4.12. The summed E-state index contributed by atoms with van der Waals surface area (Å²) < 4.78 is 10.3. The van der Waals surface area contributed by atoms with E-state index >= 15 is 0 Å². The van der Waals surface area contributed by atoms with E-state index < -0.39 is 0 Å². The lowest BCUT2D eigenvalue weighted by Gasteiger charge is -2.23. The molecule has 2 aromatic carbocycles. The van der Waals surface area contributed by atoms with Crippen molar-refractivity contribution in [3.63, 3.8) is 0 Å². The fraction of sp³-hybridized carbons (Fsp3) is 0.217. The number of amides is 2. The van der Waals surface area contributed by atoms with Crippen LogP contribution in [-0.4, -0.2) is 18.9 Å². The molecule has 0 fully saturated rings. The van der Waals surface area contributed by atoms with Crippen LogP contribution in [0.25, 0.3) is 0 Å². The number of hydrogen-bond donors (Lipinski definition) is 2. The highest BCUT2D eigenvalue weighted by Gasteiger charge is 2.19. The summed E-state index contributed by atoms with van der Waals surface area (Å²) in [4.78, 5) is 24.8. The van der Waals surface area contributed by atoms with Crippen LogP contribution in [-0.2, 0) is 0 Å². The summed E-state index contributed by atoms with van der Waals surface area (Å²) in [5, 5.41) is 5.82. The largest absolute Gasteiger partial charge is 0.497 e. The van der Waals surface area contributed by atoms with Crippen molar-refractivity contribution in [2.75, 3.05) is 12.4 Å². The first-order valence-electron chi connectivity index (χ1n) is 9.37. The third kappa shape index (κ3) is 5.04. The second kappa shape index (κ2) is 9.10. The molecule has 1 unspecified atom stereocenters. The Kier molecular flexibility index (Phi) is 6.34. The molecule has 1 aromatic heterocycles. The average Bonchev–Trinajstić information content (AvgIpc) is 3.27. The third-order valence-electron chi connectivity index (χ3n) is 4.58. The molecule has 29 heavy (non-hydrogen) atoms. The molecule has 0 aliphatic carbocycles. The topological polar surface area (TPSA) is 80.6 Å². The molecule has 0 saturated heterocycles. The molecule has 0 aliphatic heterocycles. The number of anilines is 1. The van der Waals surface area contributed by atoms with Gasteiger partial charge in [-0.25, -0.2) is 0 Å². The summed E-state index contributed by atoms with van der Waals surface area (Å²) in [5.41, 5.74) is 2.11. The Hall–Kier alpha value is -3.54. The number of benzene rings is 2. The van der Waals surface area contributed by atoms with E-state index in [9.17, 15) is 9.59 Å². The van der Waals surface area contributed by atoms with Gasteiger partial charge < -0.3 is 19.8 Å². The highest BCUT2D eigenvalue weighted by Crippen LogP contribution is 2.24. The summed E-state index contributed by atoms with van der Waals surface area (Å²) in [6.07, 6.45) is 1.44. The lowest BCUT2D eigenvalue weighted by atomic mass is 9.95. The molecular formula is C23H24N2O4. The predicted molar refractivity (Wildman–Crippen MR) is 111 cm³/mol. The number of hydrogen-bond acceptors (Lipinski definition) is 4. The average molecular weight is 392 g/mol. The number of carbonyl (C=O) groups is 2. The molecule has 0 spiro atoms. The van der Waals surface area contributed by atoms with Crippen LogP contribution in [0.5, 0.6) is 5.75 Å². The molecule has 0 bridgehead atoms. The summed E-state index contributed by atoms with van der Waals surface area (Å²) in [5.74, 6) is 0.690. The molecule has 0 aliphatic rings. The van der Waals surface area contributed by atoms with Crippen LogP contribution in [0.15, 0.2) is 71.3 Å². The number of furan rings is 1. The van der Waals surface area contributed by atoms with E-state index in [0.29, 0.717) is 11.3 Å². The van der Waals surface area contributed by atoms with Crippen molar-refractivity contribution < 1.29 is 18.7 Å². The molecule has 3 rings (SSSR count). The van der Waals surface area contributed by atoms with Gasteiger partial charge in [-0.3, -0.25) is 9.59 Å². The Morgan fingerprint density at radius 3 is 2.17 bits per heavy atom. The Morgan fingerprint density at radius 2 is 1.62 bits per heavy atom. The van der Waals surface area contributed by atoms with Gasteiger partial charge >= 0.3 is 0 Å². The quantitative estimate of drug-likeness (QED) is 0.612. The molecule has 2 N–H and O–H groups in total. The molecule has 6 nitrogen and oxygen atoms in total. The summed E-state index contributed by atoms with van der Waals surface area (Å²) in [7, 11) is 1.62. The maximum absolute atomic E-state index is 12.7. The van der Waals surface area contributed by atoms with E-state index in [1.807, 2.05) is 24.3 Å². The molecule has 3 aromatic rings. The van der Waals surface area contributed by atoms with Gasteiger partial charge in [0.2, 0.25) is 0 Å². The van der Waals surface area contributed by atoms with Gasteiger partial charge in [0.15, 0.2) is 5.76 Å². The highest BCUT2D eigenvalue weighted by molar-refractivity contribution is 6.02. The van der Waals surface area contributed by atoms with Crippen LogP contribution >= 0.6 is 0 Å². The van der Waals surface area contributed by atoms with Crippen molar-refractivity contribution >= 4 is 17.5 Å². The molecule has 0 saturated carbocycles. The van der Waals surface area contributed by atoms with Crippen molar-refractivity contribution in [3.05, 3.63) is 83.8 Å². The van der Waals surface area contributed by atoms with Crippen molar-refractivity contribution in [1.82, 2.24) is 5.32 Å². The van der Waals surface area contributed by atoms with E-state index in [1.54, 1.807) is 43.5 Å². The minimum Gasteiger partial charge on any atom is -0.497 e. The van der Waals surface area contributed by atoms with E-state index in [2.05, 4.69) is 24.5 Å². The third-order valence-corrected chi connectivity index (χ3v) is 4.58. The van der Waals surface area contributed by atoms with E-state index in [0.717, 1.165) is 11.3 Å². The molecule has 0 radical (unpaired) electrons. The number of nitrogens with one attached hydrogen (secondary N) is 2. The minimum absolute atomic E-state index is 0.133. The van der Waals surface area contributed by atoms with Crippen LogP contribution in [0.4, 0.5) is 5.69 Å². The first kappa shape index (κ1) is 20.2. The summed E-state index contributed by atoms with van der Waals surface area (Å²) in [6, 6.07) is 17.5. The normalized spacial score (nSPS) is 11.7. The smallest absolute Gasteiger partial charge is 0.291 e. The Morgan fingerprint density at radius 1 is 0.931 bits per heavy atom. The standard InChI is InChI=1S/C23H24N2O4/c1-15(2)21(16-8-12-19(28-3)13-9-16)25-22(26)17-6-10-18(11-7-17)24-23(27)20-5-4-14-29-20/h4-15,21H,1-3H3,(H,24,27)(H,25,26). The Bertz CT molecular complexity index is 946. The number of rotatable bonds is 7. The molecule has 6 heteroatoms. The summed E-state index contributed by atoms with van der Waals surface area (Å²) >= 11 is 0. The fourth-order valence-corrected chi connectivity index (χ4v) is 2.98. The maximum atomic E-state index is 12.7. The second-order valence-electron chi connectivity index (χ2n) is 6.98. The van der Waals surface area contributed by atoms with Gasteiger partial charge in [-0.2, -0.15) is 0 Å². The number of ether oxygens (including phenoxy) is 1. The highest BCUT2D eigenvalue weighted by atomic mass is 16.5. The van der Waals surface area contributed by atoms with Crippen LogP contribution in [0.2, 0.25) is 0 Å². The van der Waals surface area contributed by atoms with Crippen LogP contribution < -0.4 is 15.4 Å².